The van der Waals surface area contributed by atoms with Crippen molar-refractivity contribution in [3.05, 3.63) is 72.3 Å². The SMILES string of the molecule is CC1=[N+](C)N(c2ccccc2)C(=O)[C@@H]1N=C/C=C/c1ccccc1. The third-order valence-corrected chi connectivity index (χ3v) is 4.06. The zero-order valence-electron chi connectivity index (χ0n) is 13.8. The van der Waals surface area contributed by atoms with E-state index in [2.05, 4.69) is 4.99 Å². The molecule has 24 heavy (non-hydrogen) atoms. The highest BCUT2D eigenvalue weighted by atomic mass is 16.2. The van der Waals surface area contributed by atoms with Crippen LogP contribution in [0.3, 0.4) is 0 Å². The number of carbonyl (C=O) groups is 1. The largest absolute Gasteiger partial charge is 0.318 e. The summed E-state index contributed by atoms with van der Waals surface area (Å²) in [5, 5.41) is 1.66. The van der Waals surface area contributed by atoms with Gasteiger partial charge in [-0.2, -0.15) is 0 Å². The summed E-state index contributed by atoms with van der Waals surface area (Å²) in [6.45, 7) is 1.93. The van der Waals surface area contributed by atoms with E-state index < -0.39 is 6.04 Å². The van der Waals surface area contributed by atoms with E-state index in [-0.39, 0.29) is 5.91 Å². The molecule has 0 spiro atoms. The zero-order valence-corrected chi connectivity index (χ0v) is 13.8. The number of carbonyl (C=O) groups excluding carboxylic acids is 1. The fraction of sp³-hybridized carbons (Fsp3) is 0.150. The second-order valence-electron chi connectivity index (χ2n) is 5.62. The smallest absolute Gasteiger partial charge is 0.269 e. The topological polar surface area (TPSA) is 35.7 Å². The first-order valence-corrected chi connectivity index (χ1v) is 7.89. The maximum atomic E-state index is 12.7. The highest BCUT2D eigenvalue weighted by Gasteiger charge is 2.43. The van der Waals surface area contributed by atoms with Crippen LogP contribution in [-0.4, -0.2) is 35.6 Å². The van der Waals surface area contributed by atoms with E-state index >= 15 is 0 Å². The van der Waals surface area contributed by atoms with Gasteiger partial charge in [0.15, 0.2) is 7.05 Å². The van der Waals surface area contributed by atoms with Crippen LogP contribution in [0.5, 0.6) is 0 Å². The Kier molecular flexibility index (Phi) is 4.66. The van der Waals surface area contributed by atoms with Gasteiger partial charge in [-0.15, -0.1) is 4.68 Å². The average Bonchev–Trinajstić information content (AvgIpc) is 2.83. The molecule has 4 nitrogen and oxygen atoms in total. The van der Waals surface area contributed by atoms with Crippen molar-refractivity contribution in [2.45, 2.75) is 13.0 Å². The summed E-state index contributed by atoms with van der Waals surface area (Å²) in [7, 11) is 1.88. The molecule has 1 aliphatic rings. The second-order valence-corrected chi connectivity index (χ2v) is 5.62. The first-order valence-electron chi connectivity index (χ1n) is 7.89. The van der Waals surface area contributed by atoms with Crippen LogP contribution in [-0.2, 0) is 4.79 Å². The van der Waals surface area contributed by atoms with Gasteiger partial charge in [0, 0.05) is 13.1 Å². The van der Waals surface area contributed by atoms with Crippen molar-refractivity contribution < 1.29 is 9.48 Å². The molecule has 0 saturated heterocycles. The number of hydrogen-bond acceptors (Lipinski definition) is 2. The maximum absolute atomic E-state index is 12.7. The highest BCUT2D eigenvalue weighted by molar-refractivity contribution is 6.15. The van der Waals surface area contributed by atoms with E-state index in [1.54, 1.807) is 11.2 Å². The quantitative estimate of drug-likeness (QED) is 0.630. The van der Waals surface area contributed by atoms with Crippen molar-refractivity contribution in [2.24, 2.45) is 4.99 Å². The van der Waals surface area contributed by atoms with E-state index in [1.165, 1.54) is 0 Å². The van der Waals surface area contributed by atoms with Gasteiger partial charge >= 0.3 is 5.91 Å². The molecule has 1 aliphatic heterocycles. The summed E-state index contributed by atoms with van der Waals surface area (Å²) in [5.41, 5.74) is 2.86. The Morgan fingerprint density at radius 3 is 2.33 bits per heavy atom. The van der Waals surface area contributed by atoms with E-state index in [0.29, 0.717) is 0 Å². The first kappa shape index (κ1) is 15.9. The van der Waals surface area contributed by atoms with Crippen molar-refractivity contribution in [3.63, 3.8) is 0 Å². The van der Waals surface area contributed by atoms with Crippen LogP contribution < -0.4 is 5.01 Å². The molecule has 0 radical (unpaired) electrons. The van der Waals surface area contributed by atoms with Gasteiger partial charge in [-0.1, -0.05) is 59.6 Å². The van der Waals surface area contributed by atoms with Gasteiger partial charge in [0.05, 0.1) is 0 Å². The molecule has 1 amide bonds. The van der Waals surface area contributed by atoms with Crippen LogP contribution in [0, 0.1) is 0 Å². The molecule has 0 aromatic heterocycles. The molecule has 120 valence electrons. The highest BCUT2D eigenvalue weighted by Crippen LogP contribution is 2.20. The van der Waals surface area contributed by atoms with Crippen LogP contribution in [0.2, 0.25) is 0 Å². The lowest BCUT2D eigenvalue weighted by Gasteiger charge is -2.10. The third-order valence-electron chi connectivity index (χ3n) is 4.06. The number of para-hydroxylation sites is 1. The number of aliphatic imine (C=N–C) groups is 1. The average molecular weight is 318 g/mol. The van der Waals surface area contributed by atoms with Crippen molar-refractivity contribution >= 4 is 29.6 Å². The molecule has 0 fully saturated rings. The molecule has 1 heterocycles. The number of hydrazine groups is 1. The molecule has 1 atom stereocenters. The van der Waals surface area contributed by atoms with E-state index in [0.717, 1.165) is 17.0 Å². The Labute approximate surface area is 142 Å². The van der Waals surface area contributed by atoms with Gasteiger partial charge in [0.25, 0.3) is 0 Å². The van der Waals surface area contributed by atoms with Crippen LogP contribution in [0.25, 0.3) is 6.08 Å². The Morgan fingerprint density at radius 1 is 1.04 bits per heavy atom. The summed E-state index contributed by atoms with van der Waals surface area (Å²) in [4.78, 5) is 17.2. The van der Waals surface area contributed by atoms with Gasteiger partial charge < -0.3 is 0 Å². The normalized spacial score (nSPS) is 18.3. The summed E-state index contributed by atoms with van der Waals surface area (Å²) in [5.74, 6) is -0.0365. The molecule has 0 unspecified atom stereocenters. The van der Waals surface area contributed by atoms with Crippen LogP contribution in [0.1, 0.15) is 12.5 Å². The predicted octanol–water partition coefficient (Wildman–Crippen LogP) is 3.20. The zero-order chi connectivity index (χ0) is 16.9. The third kappa shape index (κ3) is 3.18. The van der Waals surface area contributed by atoms with Gasteiger partial charge in [-0.3, -0.25) is 9.79 Å². The van der Waals surface area contributed by atoms with Gasteiger partial charge in [-0.05, 0) is 23.8 Å². The minimum absolute atomic E-state index is 0.0365. The Morgan fingerprint density at radius 2 is 1.67 bits per heavy atom. The summed E-state index contributed by atoms with van der Waals surface area (Å²) < 4.78 is 1.86. The van der Waals surface area contributed by atoms with Crippen molar-refractivity contribution in [2.75, 3.05) is 12.1 Å². The minimum Gasteiger partial charge on any atom is -0.269 e. The molecule has 0 bridgehead atoms. The number of hydrogen-bond donors (Lipinski definition) is 0. The summed E-state index contributed by atoms with van der Waals surface area (Å²) in [6, 6.07) is 19.1. The molecular formula is C20H20N3O+. The number of nitrogens with zero attached hydrogens (tertiary/aromatic N) is 3. The standard InChI is InChI=1S/C20H20N3O/c1-16-19(21-15-9-12-17-10-5-3-6-11-17)20(24)23(22(16)2)18-13-7-4-8-14-18/h3-15,19H,1-2H3/q+1/b12-9+,21-15?/t19-/m1/s1. The minimum atomic E-state index is -0.476. The van der Waals surface area contributed by atoms with Gasteiger partial charge in [0.1, 0.15) is 5.69 Å². The monoisotopic (exact) mass is 318 g/mol. The molecule has 0 saturated carbocycles. The summed E-state index contributed by atoms with van der Waals surface area (Å²) >= 11 is 0. The number of amides is 1. The molecule has 2 aromatic rings. The molecule has 3 rings (SSSR count). The molecule has 2 aromatic carbocycles. The fourth-order valence-corrected chi connectivity index (χ4v) is 2.67. The Bertz CT molecular complexity index is 807. The first-order chi connectivity index (χ1) is 11.7. The Hall–Kier alpha value is -3.01. The lowest BCUT2D eigenvalue weighted by Crippen LogP contribution is -2.35. The van der Waals surface area contributed by atoms with Gasteiger partial charge in [0.2, 0.25) is 11.8 Å². The molecule has 4 heteroatoms. The number of allylic oxidation sites excluding steroid dienone is 1. The summed E-state index contributed by atoms with van der Waals surface area (Å²) in [6.07, 6.45) is 5.53. The number of benzene rings is 2. The number of hydrazone groups is 1. The fourth-order valence-electron chi connectivity index (χ4n) is 2.67. The van der Waals surface area contributed by atoms with Crippen LogP contribution in [0.15, 0.2) is 71.7 Å². The molecular weight excluding hydrogens is 298 g/mol. The van der Waals surface area contributed by atoms with Crippen LogP contribution >= 0.6 is 0 Å². The van der Waals surface area contributed by atoms with Crippen LogP contribution in [0.4, 0.5) is 5.69 Å². The lowest BCUT2D eigenvalue weighted by molar-refractivity contribution is -0.495. The van der Waals surface area contributed by atoms with Crippen molar-refractivity contribution in [1.29, 1.82) is 0 Å². The lowest BCUT2D eigenvalue weighted by atomic mass is 10.2. The second kappa shape index (κ2) is 7.04. The van der Waals surface area contributed by atoms with E-state index in [9.17, 15) is 4.79 Å². The Balaban J connectivity index is 1.76. The molecule has 0 N–H and O–H groups in total. The number of rotatable bonds is 4. The predicted molar refractivity (Wildman–Crippen MR) is 98.5 cm³/mol. The van der Waals surface area contributed by atoms with Crippen molar-refractivity contribution in [1.82, 2.24) is 0 Å². The molecule has 0 aliphatic carbocycles. The van der Waals surface area contributed by atoms with E-state index in [4.69, 9.17) is 0 Å². The van der Waals surface area contributed by atoms with Gasteiger partial charge in [-0.25, -0.2) is 0 Å². The van der Waals surface area contributed by atoms with E-state index in [1.807, 2.05) is 91.5 Å². The maximum Gasteiger partial charge on any atom is 0.318 e. The number of anilines is 1. The van der Waals surface area contributed by atoms with Crippen molar-refractivity contribution in [3.8, 4) is 0 Å².